The van der Waals surface area contributed by atoms with Gasteiger partial charge in [0.2, 0.25) is 0 Å². The Kier molecular flexibility index (Phi) is 7.78. The summed E-state index contributed by atoms with van der Waals surface area (Å²) in [5.41, 5.74) is 0. The Morgan fingerprint density at radius 2 is 1.60 bits per heavy atom. The molecule has 5 heteroatoms. The molecular weight excluding hydrogens is 209 g/mol. The number of alkyl halides is 3. The molecule has 0 fully saturated rings. The van der Waals surface area contributed by atoms with Crippen LogP contribution >= 0.6 is 0 Å². The van der Waals surface area contributed by atoms with E-state index in [1.165, 1.54) is 0 Å². The van der Waals surface area contributed by atoms with E-state index in [2.05, 4.69) is 18.6 Å². The summed E-state index contributed by atoms with van der Waals surface area (Å²) in [5.74, 6) is 0.499. The van der Waals surface area contributed by atoms with Crippen LogP contribution in [0.2, 0.25) is 0 Å². The molecule has 15 heavy (non-hydrogen) atoms. The highest BCUT2D eigenvalue weighted by Gasteiger charge is 2.28. The summed E-state index contributed by atoms with van der Waals surface area (Å²) in [5, 5.41) is 0. The topological polar surface area (TPSA) is 18.5 Å². The molecule has 0 saturated heterocycles. The molecule has 0 rings (SSSR count). The van der Waals surface area contributed by atoms with Crippen LogP contribution in [0.4, 0.5) is 13.2 Å². The molecule has 0 amide bonds. The zero-order valence-electron chi connectivity index (χ0n) is 9.27. The minimum atomic E-state index is -4.49. The van der Waals surface area contributed by atoms with E-state index in [4.69, 9.17) is 4.74 Å². The standard InChI is InChI=1S/C10H19F3O2/c1-9(2)8-14-6-4-3-5-7-15-10(11,12)13/h9H,3-8H2,1-2H3. The van der Waals surface area contributed by atoms with Crippen molar-refractivity contribution in [3.63, 3.8) is 0 Å². The van der Waals surface area contributed by atoms with E-state index in [9.17, 15) is 13.2 Å². The van der Waals surface area contributed by atoms with E-state index in [-0.39, 0.29) is 6.61 Å². The Morgan fingerprint density at radius 3 is 2.13 bits per heavy atom. The molecule has 0 heterocycles. The lowest BCUT2D eigenvalue weighted by Crippen LogP contribution is -2.14. The fourth-order valence-corrected chi connectivity index (χ4v) is 0.990. The molecule has 0 spiro atoms. The minimum absolute atomic E-state index is 0.256. The number of rotatable bonds is 8. The molecule has 2 nitrogen and oxygen atoms in total. The lowest BCUT2D eigenvalue weighted by molar-refractivity contribution is -0.324. The average molecular weight is 228 g/mol. The molecule has 0 N–H and O–H groups in total. The van der Waals surface area contributed by atoms with Crippen LogP contribution in [0, 0.1) is 5.92 Å². The van der Waals surface area contributed by atoms with Gasteiger partial charge in [-0.05, 0) is 25.2 Å². The fraction of sp³-hybridized carbons (Fsp3) is 1.00. The van der Waals surface area contributed by atoms with Crippen LogP contribution in [0.5, 0.6) is 0 Å². The van der Waals surface area contributed by atoms with Crippen molar-refractivity contribution in [2.75, 3.05) is 19.8 Å². The van der Waals surface area contributed by atoms with Crippen LogP contribution in [-0.2, 0) is 9.47 Å². The second kappa shape index (κ2) is 7.93. The molecular formula is C10H19F3O2. The van der Waals surface area contributed by atoms with Crippen molar-refractivity contribution in [1.82, 2.24) is 0 Å². The molecule has 0 unspecified atom stereocenters. The molecule has 0 bridgehead atoms. The number of hydrogen-bond acceptors (Lipinski definition) is 2. The Morgan fingerprint density at radius 1 is 1.00 bits per heavy atom. The van der Waals surface area contributed by atoms with Gasteiger partial charge in [0.05, 0.1) is 6.61 Å². The molecule has 0 radical (unpaired) electrons. The third-order valence-electron chi connectivity index (χ3n) is 1.65. The van der Waals surface area contributed by atoms with Crippen molar-refractivity contribution in [2.24, 2.45) is 5.92 Å². The van der Waals surface area contributed by atoms with Gasteiger partial charge in [-0.2, -0.15) is 0 Å². The van der Waals surface area contributed by atoms with Crippen molar-refractivity contribution >= 4 is 0 Å². The maximum atomic E-state index is 11.5. The monoisotopic (exact) mass is 228 g/mol. The summed E-state index contributed by atoms with van der Waals surface area (Å²) in [4.78, 5) is 0. The Hall–Kier alpha value is -0.290. The van der Waals surface area contributed by atoms with Crippen LogP contribution < -0.4 is 0 Å². The lowest BCUT2D eigenvalue weighted by atomic mass is 10.2. The third-order valence-corrected chi connectivity index (χ3v) is 1.65. The van der Waals surface area contributed by atoms with Crippen molar-refractivity contribution in [2.45, 2.75) is 39.5 Å². The van der Waals surface area contributed by atoms with Crippen LogP contribution in [0.1, 0.15) is 33.1 Å². The summed E-state index contributed by atoms with van der Waals surface area (Å²) >= 11 is 0. The molecule has 0 atom stereocenters. The zero-order chi connectivity index (χ0) is 11.7. The van der Waals surface area contributed by atoms with Gasteiger partial charge in [0.25, 0.3) is 0 Å². The molecule has 0 aliphatic rings. The minimum Gasteiger partial charge on any atom is -0.381 e. The van der Waals surface area contributed by atoms with Crippen LogP contribution in [0.25, 0.3) is 0 Å². The van der Waals surface area contributed by atoms with Gasteiger partial charge in [-0.3, -0.25) is 4.74 Å². The van der Waals surface area contributed by atoms with E-state index in [1.807, 2.05) is 0 Å². The highest BCUT2D eigenvalue weighted by atomic mass is 19.4. The first kappa shape index (κ1) is 14.7. The number of ether oxygens (including phenoxy) is 2. The Bertz CT molecular complexity index is 146. The quantitative estimate of drug-likeness (QED) is 0.593. The van der Waals surface area contributed by atoms with Gasteiger partial charge in [-0.1, -0.05) is 13.8 Å². The van der Waals surface area contributed by atoms with E-state index in [1.54, 1.807) is 0 Å². The molecule has 0 aromatic carbocycles. The first-order chi connectivity index (χ1) is 6.92. The van der Waals surface area contributed by atoms with Gasteiger partial charge < -0.3 is 4.74 Å². The molecule has 0 aromatic rings. The van der Waals surface area contributed by atoms with E-state index >= 15 is 0 Å². The summed E-state index contributed by atoms with van der Waals surface area (Å²) in [6, 6.07) is 0. The lowest BCUT2D eigenvalue weighted by Gasteiger charge is -2.08. The van der Waals surface area contributed by atoms with Crippen molar-refractivity contribution in [3.05, 3.63) is 0 Å². The first-order valence-corrected chi connectivity index (χ1v) is 5.20. The number of halogens is 3. The highest BCUT2D eigenvalue weighted by molar-refractivity contribution is 4.43. The first-order valence-electron chi connectivity index (χ1n) is 5.20. The largest absolute Gasteiger partial charge is 0.522 e. The third kappa shape index (κ3) is 13.7. The summed E-state index contributed by atoms with van der Waals surface area (Å²) < 4.78 is 43.5. The molecule has 0 aliphatic carbocycles. The predicted molar refractivity (Wildman–Crippen MR) is 51.5 cm³/mol. The SMILES string of the molecule is CC(C)COCCCCCOC(F)(F)F. The summed E-state index contributed by atoms with van der Waals surface area (Å²) in [7, 11) is 0. The summed E-state index contributed by atoms with van der Waals surface area (Å²) in [6.45, 7) is 5.17. The van der Waals surface area contributed by atoms with E-state index < -0.39 is 6.36 Å². The van der Waals surface area contributed by atoms with Crippen LogP contribution in [0.3, 0.4) is 0 Å². The van der Waals surface area contributed by atoms with E-state index in [0.717, 1.165) is 6.42 Å². The van der Waals surface area contributed by atoms with E-state index in [0.29, 0.717) is 32.0 Å². The van der Waals surface area contributed by atoms with Gasteiger partial charge in [0.1, 0.15) is 0 Å². The van der Waals surface area contributed by atoms with Gasteiger partial charge in [-0.25, -0.2) is 0 Å². The van der Waals surface area contributed by atoms with Gasteiger partial charge in [0.15, 0.2) is 0 Å². The second-order valence-corrected chi connectivity index (χ2v) is 3.82. The number of hydrogen-bond donors (Lipinski definition) is 0. The normalized spacial score (nSPS) is 12.4. The van der Waals surface area contributed by atoms with Gasteiger partial charge >= 0.3 is 6.36 Å². The Balaban J connectivity index is 3.06. The second-order valence-electron chi connectivity index (χ2n) is 3.82. The fourth-order valence-electron chi connectivity index (χ4n) is 0.990. The van der Waals surface area contributed by atoms with Crippen LogP contribution in [-0.4, -0.2) is 26.2 Å². The molecule has 0 aromatic heterocycles. The van der Waals surface area contributed by atoms with Crippen molar-refractivity contribution in [3.8, 4) is 0 Å². The molecule has 0 saturated carbocycles. The maximum Gasteiger partial charge on any atom is 0.522 e. The molecule has 0 aliphatic heterocycles. The predicted octanol–water partition coefficient (Wildman–Crippen LogP) is 3.37. The maximum absolute atomic E-state index is 11.5. The van der Waals surface area contributed by atoms with Gasteiger partial charge in [0, 0.05) is 13.2 Å². The zero-order valence-corrected chi connectivity index (χ0v) is 9.27. The highest BCUT2D eigenvalue weighted by Crippen LogP contribution is 2.16. The Labute approximate surface area is 88.7 Å². The van der Waals surface area contributed by atoms with Gasteiger partial charge in [-0.15, -0.1) is 13.2 Å². The van der Waals surface area contributed by atoms with Crippen LogP contribution in [0.15, 0.2) is 0 Å². The molecule has 92 valence electrons. The van der Waals surface area contributed by atoms with Crippen molar-refractivity contribution < 1.29 is 22.6 Å². The van der Waals surface area contributed by atoms with Crippen molar-refractivity contribution in [1.29, 1.82) is 0 Å². The number of unbranched alkanes of at least 4 members (excludes halogenated alkanes) is 2. The summed E-state index contributed by atoms with van der Waals surface area (Å²) in [6.07, 6.45) is -2.58. The smallest absolute Gasteiger partial charge is 0.381 e. The average Bonchev–Trinajstić information content (AvgIpc) is 2.07.